The van der Waals surface area contributed by atoms with Crippen LogP contribution in [0.1, 0.15) is 18.0 Å². The Morgan fingerprint density at radius 2 is 2.22 bits per heavy atom. The molecule has 96 valence electrons. The number of nitrogens with two attached hydrogens (primary N) is 1. The minimum absolute atomic E-state index is 0.153. The van der Waals surface area contributed by atoms with E-state index in [1.54, 1.807) is 7.11 Å². The number of rotatable bonds is 4. The summed E-state index contributed by atoms with van der Waals surface area (Å²) in [6, 6.07) is 5.30. The maximum absolute atomic E-state index is 11.2. The van der Waals surface area contributed by atoms with Crippen molar-refractivity contribution in [1.29, 1.82) is 0 Å². The van der Waals surface area contributed by atoms with E-state index >= 15 is 0 Å². The summed E-state index contributed by atoms with van der Waals surface area (Å²) in [5.74, 6) is 0.438. The van der Waals surface area contributed by atoms with Crippen LogP contribution in [0, 0.1) is 0 Å². The van der Waals surface area contributed by atoms with Gasteiger partial charge in [0.1, 0.15) is 5.75 Å². The van der Waals surface area contributed by atoms with E-state index in [4.69, 9.17) is 10.5 Å². The van der Waals surface area contributed by atoms with Crippen LogP contribution in [0.3, 0.4) is 0 Å². The number of carbonyl (C=O) groups is 1. The zero-order valence-electron chi connectivity index (χ0n) is 10.4. The number of benzene rings is 1. The Bertz CT molecular complexity index is 562. The van der Waals surface area contributed by atoms with E-state index in [2.05, 4.69) is 9.72 Å². The van der Waals surface area contributed by atoms with Crippen molar-refractivity contribution >= 4 is 16.9 Å². The molecule has 0 spiro atoms. The number of methoxy groups -OCH3 is 2. The maximum atomic E-state index is 11.2. The third-order valence-corrected chi connectivity index (χ3v) is 2.93. The van der Waals surface area contributed by atoms with Gasteiger partial charge in [-0.2, -0.15) is 0 Å². The first-order chi connectivity index (χ1) is 8.65. The number of hydrogen-bond donors (Lipinski definition) is 2. The second-order valence-corrected chi connectivity index (χ2v) is 4.04. The normalized spacial score (nSPS) is 12.4. The van der Waals surface area contributed by atoms with Crippen LogP contribution in [0.4, 0.5) is 0 Å². The molecule has 5 heteroatoms. The average molecular weight is 248 g/mol. The molecular weight excluding hydrogens is 232 g/mol. The molecule has 0 aliphatic heterocycles. The van der Waals surface area contributed by atoms with Crippen molar-refractivity contribution in [2.45, 2.75) is 12.5 Å². The minimum Gasteiger partial charge on any atom is -0.497 e. The number of aromatic amines is 1. The Kier molecular flexibility index (Phi) is 3.53. The van der Waals surface area contributed by atoms with E-state index in [0.29, 0.717) is 0 Å². The predicted molar refractivity (Wildman–Crippen MR) is 68.4 cm³/mol. The second kappa shape index (κ2) is 5.10. The highest BCUT2D eigenvalue weighted by Crippen LogP contribution is 2.28. The Balaban J connectivity index is 2.35. The molecule has 1 aromatic carbocycles. The molecule has 18 heavy (non-hydrogen) atoms. The van der Waals surface area contributed by atoms with E-state index in [1.165, 1.54) is 7.11 Å². The van der Waals surface area contributed by atoms with Crippen molar-refractivity contribution in [2.24, 2.45) is 5.73 Å². The third kappa shape index (κ3) is 2.31. The molecule has 0 bridgehead atoms. The Morgan fingerprint density at radius 3 is 2.89 bits per heavy atom. The molecule has 5 nitrogen and oxygen atoms in total. The molecule has 2 aromatic rings. The molecule has 1 heterocycles. The number of H-pyrrole nitrogens is 1. The van der Waals surface area contributed by atoms with Crippen molar-refractivity contribution < 1.29 is 14.3 Å². The van der Waals surface area contributed by atoms with Gasteiger partial charge in [0.25, 0.3) is 0 Å². The van der Waals surface area contributed by atoms with Crippen LogP contribution in [-0.4, -0.2) is 25.2 Å². The quantitative estimate of drug-likeness (QED) is 0.808. The summed E-state index contributed by atoms with van der Waals surface area (Å²) < 4.78 is 9.80. The van der Waals surface area contributed by atoms with Gasteiger partial charge < -0.3 is 20.2 Å². The van der Waals surface area contributed by atoms with Gasteiger partial charge >= 0.3 is 5.97 Å². The monoisotopic (exact) mass is 248 g/mol. The van der Waals surface area contributed by atoms with Gasteiger partial charge in [0.15, 0.2) is 0 Å². The van der Waals surface area contributed by atoms with Crippen LogP contribution < -0.4 is 10.5 Å². The molecule has 0 aliphatic carbocycles. The van der Waals surface area contributed by atoms with E-state index < -0.39 is 6.04 Å². The molecule has 1 unspecified atom stereocenters. The first-order valence-electron chi connectivity index (χ1n) is 5.63. The summed E-state index contributed by atoms with van der Waals surface area (Å²) in [5, 5.41) is 0.964. The van der Waals surface area contributed by atoms with Crippen molar-refractivity contribution in [3.05, 3.63) is 30.0 Å². The summed E-state index contributed by atoms with van der Waals surface area (Å²) in [4.78, 5) is 14.4. The standard InChI is InChI=1S/C13H16N2O3/c1-17-8-3-4-12-9(5-8)10(7-15-12)11(14)6-13(16)18-2/h3-5,7,11,15H,6,14H2,1-2H3. The van der Waals surface area contributed by atoms with Gasteiger partial charge in [-0.15, -0.1) is 0 Å². The van der Waals surface area contributed by atoms with Crippen molar-refractivity contribution in [3.63, 3.8) is 0 Å². The second-order valence-electron chi connectivity index (χ2n) is 4.04. The van der Waals surface area contributed by atoms with E-state index in [9.17, 15) is 4.79 Å². The highest BCUT2D eigenvalue weighted by molar-refractivity contribution is 5.85. The number of nitrogens with one attached hydrogen (secondary N) is 1. The van der Waals surface area contributed by atoms with Gasteiger partial charge in [-0.1, -0.05) is 0 Å². The van der Waals surface area contributed by atoms with Crippen molar-refractivity contribution in [3.8, 4) is 5.75 Å². The number of aromatic nitrogens is 1. The Morgan fingerprint density at radius 1 is 1.44 bits per heavy atom. The molecular formula is C13H16N2O3. The maximum Gasteiger partial charge on any atom is 0.307 e. The molecule has 0 amide bonds. The van der Waals surface area contributed by atoms with E-state index in [0.717, 1.165) is 22.2 Å². The highest BCUT2D eigenvalue weighted by Gasteiger charge is 2.16. The lowest BCUT2D eigenvalue weighted by Gasteiger charge is -2.09. The first-order valence-corrected chi connectivity index (χ1v) is 5.63. The van der Waals surface area contributed by atoms with Gasteiger partial charge in [0.2, 0.25) is 0 Å². The SMILES string of the molecule is COC(=O)CC(N)c1c[nH]c2ccc(OC)cc12. The largest absolute Gasteiger partial charge is 0.497 e. The molecule has 0 fully saturated rings. The Hall–Kier alpha value is -2.01. The van der Waals surface area contributed by atoms with Gasteiger partial charge in [-0.3, -0.25) is 4.79 Å². The van der Waals surface area contributed by atoms with Gasteiger partial charge in [0, 0.05) is 23.1 Å². The van der Waals surface area contributed by atoms with Gasteiger partial charge in [0.05, 0.1) is 20.6 Å². The van der Waals surface area contributed by atoms with Gasteiger partial charge in [-0.05, 0) is 23.8 Å². The average Bonchev–Trinajstić information content (AvgIpc) is 2.81. The van der Waals surface area contributed by atoms with E-state index in [1.807, 2.05) is 24.4 Å². The van der Waals surface area contributed by atoms with Crippen LogP contribution in [0.25, 0.3) is 10.9 Å². The van der Waals surface area contributed by atoms with Gasteiger partial charge in [-0.25, -0.2) is 0 Å². The highest BCUT2D eigenvalue weighted by atomic mass is 16.5. The topological polar surface area (TPSA) is 77.3 Å². The summed E-state index contributed by atoms with van der Waals surface area (Å²) in [5.41, 5.74) is 7.86. The molecule has 3 N–H and O–H groups in total. The summed E-state index contributed by atoms with van der Waals surface area (Å²) in [6.45, 7) is 0. The molecule has 0 saturated carbocycles. The fourth-order valence-corrected chi connectivity index (χ4v) is 1.93. The fraction of sp³-hybridized carbons (Fsp3) is 0.308. The number of fused-ring (bicyclic) bond motifs is 1. The summed E-state index contributed by atoms with van der Waals surface area (Å²) in [7, 11) is 2.97. The molecule has 1 atom stereocenters. The number of esters is 1. The molecule has 1 aromatic heterocycles. The zero-order chi connectivity index (χ0) is 13.1. The first kappa shape index (κ1) is 12.4. The van der Waals surface area contributed by atoms with Crippen molar-refractivity contribution in [1.82, 2.24) is 4.98 Å². The third-order valence-electron chi connectivity index (χ3n) is 2.93. The number of ether oxygens (including phenoxy) is 2. The molecule has 2 rings (SSSR count). The van der Waals surface area contributed by atoms with Crippen LogP contribution in [0.15, 0.2) is 24.4 Å². The van der Waals surface area contributed by atoms with Crippen molar-refractivity contribution in [2.75, 3.05) is 14.2 Å². The summed E-state index contributed by atoms with van der Waals surface area (Å²) >= 11 is 0. The van der Waals surface area contributed by atoms with Crippen LogP contribution in [0.5, 0.6) is 5.75 Å². The smallest absolute Gasteiger partial charge is 0.307 e. The lowest BCUT2D eigenvalue weighted by atomic mass is 10.0. The fourth-order valence-electron chi connectivity index (χ4n) is 1.93. The van der Waals surface area contributed by atoms with Crippen LogP contribution in [-0.2, 0) is 9.53 Å². The molecule has 0 aliphatic rings. The summed E-state index contributed by atoms with van der Waals surface area (Å²) in [6.07, 6.45) is 1.97. The minimum atomic E-state index is -0.390. The number of carbonyl (C=O) groups excluding carboxylic acids is 1. The Labute approximate surface area is 105 Å². The van der Waals surface area contributed by atoms with E-state index in [-0.39, 0.29) is 12.4 Å². The predicted octanol–water partition coefficient (Wildman–Crippen LogP) is 1.74. The lowest BCUT2D eigenvalue weighted by molar-refractivity contribution is -0.141. The molecule has 0 radical (unpaired) electrons. The van der Waals surface area contributed by atoms with Crippen LogP contribution in [0.2, 0.25) is 0 Å². The molecule has 0 saturated heterocycles. The van der Waals surface area contributed by atoms with Crippen LogP contribution >= 0.6 is 0 Å². The number of hydrogen-bond acceptors (Lipinski definition) is 4. The lowest BCUT2D eigenvalue weighted by Crippen LogP contribution is -2.15. The zero-order valence-corrected chi connectivity index (χ0v) is 10.4.